The Labute approximate surface area is 161 Å². The van der Waals surface area contributed by atoms with E-state index in [9.17, 15) is 4.79 Å². The molecule has 1 aromatic rings. The number of rotatable bonds is 9. The fourth-order valence-electron chi connectivity index (χ4n) is 2.33. The molecule has 0 saturated heterocycles. The summed E-state index contributed by atoms with van der Waals surface area (Å²) in [6.45, 7) is 9.68. The van der Waals surface area contributed by atoms with Gasteiger partial charge >= 0.3 is 7.82 Å². The summed E-state index contributed by atoms with van der Waals surface area (Å²) in [4.78, 5) is 42.3. The average Bonchev–Trinajstić information content (AvgIpc) is 2.57. The summed E-state index contributed by atoms with van der Waals surface area (Å²) < 4.78 is 8.88. The third-order valence-corrected chi connectivity index (χ3v) is 3.85. The maximum absolute atomic E-state index is 12.2. The summed E-state index contributed by atoms with van der Waals surface area (Å²) in [5, 5.41) is 3.04. The van der Waals surface area contributed by atoms with Gasteiger partial charge in [0.15, 0.2) is 0 Å². The predicted octanol–water partition coefficient (Wildman–Crippen LogP) is 1.46. The molecule has 0 spiro atoms. The molecule has 10 heteroatoms. The van der Waals surface area contributed by atoms with Crippen molar-refractivity contribution < 1.29 is 24.0 Å². The summed E-state index contributed by atoms with van der Waals surface area (Å²) >= 11 is 0. The maximum atomic E-state index is 12.2. The van der Waals surface area contributed by atoms with Gasteiger partial charge in [0, 0.05) is 26.3 Å². The van der Waals surface area contributed by atoms with Crippen molar-refractivity contribution in [2.24, 2.45) is 0 Å². The highest BCUT2D eigenvalue weighted by molar-refractivity contribution is 7.45. The van der Waals surface area contributed by atoms with E-state index >= 15 is 0 Å². The van der Waals surface area contributed by atoms with Crippen molar-refractivity contribution in [2.45, 2.75) is 39.7 Å². The van der Waals surface area contributed by atoms with Crippen LogP contribution < -0.4 is 10.2 Å². The molecule has 1 amide bonds. The van der Waals surface area contributed by atoms with E-state index in [1.807, 2.05) is 31.1 Å². The van der Waals surface area contributed by atoms with Crippen LogP contribution in [0.15, 0.2) is 18.3 Å². The van der Waals surface area contributed by atoms with Crippen LogP contribution in [0.25, 0.3) is 0 Å². The van der Waals surface area contributed by atoms with Crippen LogP contribution in [-0.2, 0) is 4.57 Å². The molecule has 1 heterocycles. The summed E-state index contributed by atoms with van der Waals surface area (Å²) in [6.07, 6.45) is 3.72. The second kappa shape index (κ2) is 12.8. The Kier molecular flexibility index (Phi) is 12.1. The summed E-state index contributed by atoms with van der Waals surface area (Å²) in [6, 6.07) is 3.86. The molecule has 4 N–H and O–H groups in total. The fourth-order valence-corrected chi connectivity index (χ4v) is 2.33. The molecule has 1 unspecified atom stereocenters. The molecule has 0 saturated carbocycles. The minimum Gasteiger partial charge on any atom is -0.363 e. The molecule has 1 rings (SSSR count). The smallest absolute Gasteiger partial charge is 0.363 e. The van der Waals surface area contributed by atoms with Gasteiger partial charge in [0.2, 0.25) is 0 Å². The molecular weight excluding hydrogens is 371 g/mol. The summed E-state index contributed by atoms with van der Waals surface area (Å²) in [7, 11) is -0.778. The van der Waals surface area contributed by atoms with Crippen LogP contribution in [0.1, 0.15) is 44.0 Å². The molecule has 0 aromatic carbocycles. The molecule has 0 aliphatic heterocycles. The lowest BCUT2D eigenvalue weighted by molar-refractivity contribution is 0.0937. The van der Waals surface area contributed by atoms with Crippen molar-refractivity contribution in [3.63, 3.8) is 0 Å². The first-order chi connectivity index (χ1) is 12.5. The second-order valence-electron chi connectivity index (χ2n) is 6.36. The number of hydrogen-bond acceptors (Lipinski definition) is 5. The number of carbonyl (C=O) groups excluding carboxylic acids is 1. The maximum Gasteiger partial charge on any atom is 0.466 e. The normalized spacial score (nSPS) is 12.2. The second-order valence-corrected chi connectivity index (χ2v) is 7.38. The van der Waals surface area contributed by atoms with Crippen LogP contribution in [0.4, 0.5) is 5.82 Å². The molecule has 9 nitrogen and oxygen atoms in total. The quantitative estimate of drug-likeness (QED) is 0.456. The monoisotopic (exact) mass is 404 g/mol. The lowest BCUT2D eigenvalue weighted by Gasteiger charge is -2.19. The molecule has 1 aromatic heterocycles. The van der Waals surface area contributed by atoms with Gasteiger partial charge in [-0.3, -0.25) is 4.79 Å². The Hall–Kier alpha value is -1.51. The van der Waals surface area contributed by atoms with Crippen LogP contribution in [-0.4, -0.2) is 70.2 Å². The number of nitrogens with one attached hydrogen (secondary N) is 1. The molecule has 0 fully saturated rings. The third-order valence-electron chi connectivity index (χ3n) is 3.85. The van der Waals surface area contributed by atoms with E-state index in [1.54, 1.807) is 6.20 Å². The summed E-state index contributed by atoms with van der Waals surface area (Å²) in [5.74, 6) is 0.803. The van der Waals surface area contributed by atoms with Crippen molar-refractivity contribution in [3.05, 3.63) is 23.9 Å². The van der Waals surface area contributed by atoms with Crippen molar-refractivity contribution in [3.8, 4) is 0 Å². The highest BCUT2D eigenvalue weighted by atomic mass is 31.2. The Morgan fingerprint density at radius 1 is 1.22 bits per heavy atom. The van der Waals surface area contributed by atoms with Gasteiger partial charge in [-0.15, -0.1) is 0 Å². The van der Waals surface area contributed by atoms with Crippen LogP contribution in [0.2, 0.25) is 0 Å². The Balaban J connectivity index is 0.00000119. The molecule has 0 aliphatic carbocycles. The molecule has 27 heavy (non-hydrogen) atoms. The van der Waals surface area contributed by atoms with E-state index in [0.717, 1.165) is 38.3 Å². The van der Waals surface area contributed by atoms with Crippen molar-refractivity contribution in [1.29, 1.82) is 0 Å². The SMILES string of the molecule is CCN(CC)CCCC(C)NC(=O)c1ccc(N(C)C)nc1.O=P(O)(O)O. The van der Waals surface area contributed by atoms with Gasteiger partial charge in [-0.25, -0.2) is 9.55 Å². The van der Waals surface area contributed by atoms with E-state index in [4.69, 9.17) is 19.2 Å². The number of amides is 1. The number of hydrogen-bond donors (Lipinski definition) is 4. The standard InChI is InChI=1S/C17H30N4O.H3O4P/c1-6-21(7-2)12-8-9-14(3)19-17(22)15-10-11-16(18-13-15)20(4)5;1-5(2,3)4/h10-11,13-14H,6-9,12H2,1-5H3,(H,19,22);(H3,1,2,3,4). The first-order valence-electron chi connectivity index (χ1n) is 8.92. The fraction of sp³-hybridized carbons (Fsp3) is 0.647. The van der Waals surface area contributed by atoms with Gasteiger partial charge in [-0.05, 0) is 51.5 Å². The lowest BCUT2D eigenvalue weighted by Crippen LogP contribution is -2.33. The molecule has 156 valence electrons. The van der Waals surface area contributed by atoms with Crippen molar-refractivity contribution >= 4 is 19.5 Å². The Bertz CT molecular complexity index is 579. The highest BCUT2D eigenvalue weighted by Gasteiger charge is 2.11. The van der Waals surface area contributed by atoms with Gasteiger partial charge < -0.3 is 29.8 Å². The Morgan fingerprint density at radius 2 is 1.78 bits per heavy atom. The van der Waals surface area contributed by atoms with E-state index < -0.39 is 7.82 Å². The van der Waals surface area contributed by atoms with Crippen LogP contribution in [0, 0.1) is 0 Å². The number of nitrogens with zero attached hydrogens (tertiary/aromatic N) is 3. The number of anilines is 1. The minimum atomic E-state index is -4.64. The number of pyridine rings is 1. The van der Waals surface area contributed by atoms with Gasteiger partial charge in [0.05, 0.1) is 5.56 Å². The number of phosphoric acid groups is 1. The zero-order valence-electron chi connectivity index (χ0n) is 16.8. The van der Waals surface area contributed by atoms with E-state index in [1.165, 1.54) is 0 Å². The zero-order chi connectivity index (χ0) is 21.0. The van der Waals surface area contributed by atoms with E-state index in [-0.39, 0.29) is 11.9 Å². The predicted molar refractivity (Wildman–Crippen MR) is 107 cm³/mol. The van der Waals surface area contributed by atoms with Gasteiger partial charge in [-0.1, -0.05) is 13.8 Å². The van der Waals surface area contributed by atoms with Crippen molar-refractivity contribution in [1.82, 2.24) is 15.2 Å². The van der Waals surface area contributed by atoms with Crippen LogP contribution >= 0.6 is 7.82 Å². The summed E-state index contributed by atoms with van der Waals surface area (Å²) in [5.41, 5.74) is 0.612. The van der Waals surface area contributed by atoms with Crippen LogP contribution in [0.5, 0.6) is 0 Å². The van der Waals surface area contributed by atoms with Crippen molar-refractivity contribution in [2.75, 3.05) is 38.6 Å². The molecular formula is C17H33N4O5P. The van der Waals surface area contributed by atoms with Gasteiger partial charge in [0.25, 0.3) is 5.91 Å². The number of aromatic nitrogens is 1. The first kappa shape index (κ1) is 25.5. The molecule has 1 atom stereocenters. The minimum absolute atomic E-state index is 0.0480. The first-order valence-corrected chi connectivity index (χ1v) is 10.5. The average molecular weight is 404 g/mol. The van der Waals surface area contributed by atoms with E-state index in [2.05, 4.69) is 36.0 Å². The van der Waals surface area contributed by atoms with E-state index in [0.29, 0.717) is 5.56 Å². The number of carbonyl (C=O) groups is 1. The van der Waals surface area contributed by atoms with Gasteiger partial charge in [0.1, 0.15) is 5.82 Å². The topological polar surface area (TPSA) is 126 Å². The third kappa shape index (κ3) is 13.3. The molecule has 0 radical (unpaired) electrons. The zero-order valence-corrected chi connectivity index (χ0v) is 17.7. The largest absolute Gasteiger partial charge is 0.466 e. The van der Waals surface area contributed by atoms with Gasteiger partial charge in [-0.2, -0.15) is 0 Å². The molecule has 0 aliphatic rings. The molecule has 0 bridgehead atoms. The van der Waals surface area contributed by atoms with Crippen LogP contribution in [0.3, 0.4) is 0 Å². The highest BCUT2D eigenvalue weighted by Crippen LogP contribution is 2.25. The Morgan fingerprint density at radius 3 is 2.19 bits per heavy atom. The lowest BCUT2D eigenvalue weighted by atomic mass is 10.1.